The largest absolute Gasteiger partial charge is 0.473 e. The molecule has 1 aliphatic rings. The molecule has 4 rings (SSSR count). The lowest BCUT2D eigenvalue weighted by Crippen LogP contribution is -2.35. The van der Waals surface area contributed by atoms with E-state index in [1.807, 2.05) is 24.3 Å². The molecule has 0 radical (unpaired) electrons. The molecule has 0 amide bonds. The molecule has 0 bridgehead atoms. The zero-order valence-corrected chi connectivity index (χ0v) is 13.1. The average Bonchev–Trinajstić information content (AvgIpc) is 2.63. The smallest absolute Gasteiger partial charge is 0.178 e. The second kappa shape index (κ2) is 5.44. The Hall–Kier alpha value is -2.80. The fraction of sp³-hybridized carbons (Fsp3) is 0.0909. The lowest BCUT2D eigenvalue weighted by molar-refractivity contribution is 0.160. The summed E-state index contributed by atoms with van der Waals surface area (Å²) in [5.74, 6) is 0.931. The molecule has 1 nitrogen and oxygen atoms in total. The Kier molecular flexibility index (Phi) is 3.27. The first-order valence-corrected chi connectivity index (χ1v) is 7.88. The van der Waals surface area contributed by atoms with Crippen molar-refractivity contribution in [3.63, 3.8) is 0 Å². The number of allylic oxidation sites excluding steroid dienone is 1. The van der Waals surface area contributed by atoms with Crippen molar-refractivity contribution in [3.05, 3.63) is 108 Å². The molecule has 23 heavy (non-hydrogen) atoms. The second-order valence-electron chi connectivity index (χ2n) is 5.89. The van der Waals surface area contributed by atoms with Crippen LogP contribution in [0.2, 0.25) is 0 Å². The molecule has 3 aromatic carbocycles. The van der Waals surface area contributed by atoms with E-state index in [0.717, 1.165) is 22.4 Å². The number of hydrogen-bond donors (Lipinski definition) is 0. The van der Waals surface area contributed by atoms with Crippen LogP contribution in [-0.2, 0) is 5.60 Å². The molecular formula is C22H18O. The van der Waals surface area contributed by atoms with E-state index in [1.165, 1.54) is 5.57 Å². The highest BCUT2D eigenvalue weighted by molar-refractivity contribution is 5.73. The number of hydrogen-bond acceptors (Lipinski definition) is 1. The summed E-state index contributed by atoms with van der Waals surface area (Å²) in [6, 6.07) is 29.1. The Balaban J connectivity index is 1.98. The van der Waals surface area contributed by atoms with E-state index in [2.05, 4.69) is 73.7 Å². The molecule has 0 fully saturated rings. The van der Waals surface area contributed by atoms with Crippen LogP contribution >= 0.6 is 0 Å². The van der Waals surface area contributed by atoms with Crippen molar-refractivity contribution in [2.24, 2.45) is 0 Å². The minimum atomic E-state index is -0.582. The fourth-order valence-corrected chi connectivity index (χ4v) is 3.29. The lowest BCUT2D eigenvalue weighted by Gasteiger charge is -2.37. The molecule has 0 saturated heterocycles. The summed E-state index contributed by atoms with van der Waals surface area (Å²) < 4.78 is 6.59. The van der Waals surface area contributed by atoms with Crippen LogP contribution in [0.3, 0.4) is 0 Å². The van der Waals surface area contributed by atoms with Crippen molar-refractivity contribution in [2.45, 2.75) is 12.5 Å². The average molecular weight is 298 g/mol. The number of fused-ring (bicyclic) bond motifs is 1. The van der Waals surface area contributed by atoms with Crippen LogP contribution in [0.15, 0.2) is 91.0 Å². The van der Waals surface area contributed by atoms with Gasteiger partial charge in [0.25, 0.3) is 0 Å². The molecule has 0 unspecified atom stereocenters. The van der Waals surface area contributed by atoms with Crippen LogP contribution in [0.4, 0.5) is 0 Å². The molecule has 0 spiro atoms. The first-order chi connectivity index (χ1) is 11.3. The van der Waals surface area contributed by atoms with E-state index in [0.29, 0.717) is 0 Å². The topological polar surface area (TPSA) is 9.23 Å². The lowest BCUT2D eigenvalue weighted by atomic mass is 9.82. The number of ether oxygens (including phenoxy) is 1. The summed E-state index contributed by atoms with van der Waals surface area (Å²) in [4.78, 5) is 0. The Morgan fingerprint density at radius 1 is 0.652 bits per heavy atom. The minimum absolute atomic E-state index is 0.582. The predicted octanol–water partition coefficient (Wildman–Crippen LogP) is 5.43. The third kappa shape index (κ3) is 2.25. The van der Waals surface area contributed by atoms with Crippen molar-refractivity contribution >= 4 is 5.57 Å². The molecule has 3 aromatic rings. The van der Waals surface area contributed by atoms with Gasteiger partial charge in [-0.2, -0.15) is 0 Å². The first kappa shape index (κ1) is 13.8. The van der Waals surface area contributed by atoms with Crippen LogP contribution in [0.25, 0.3) is 5.57 Å². The van der Waals surface area contributed by atoms with Crippen molar-refractivity contribution in [1.29, 1.82) is 0 Å². The third-order valence-electron chi connectivity index (χ3n) is 4.41. The summed E-state index contributed by atoms with van der Waals surface area (Å²) >= 11 is 0. The minimum Gasteiger partial charge on any atom is -0.473 e. The molecule has 0 atom stereocenters. The Morgan fingerprint density at radius 3 is 1.78 bits per heavy atom. The zero-order chi connectivity index (χ0) is 15.7. The number of para-hydroxylation sites is 1. The van der Waals surface area contributed by atoms with Crippen LogP contribution < -0.4 is 4.74 Å². The van der Waals surface area contributed by atoms with Gasteiger partial charge in [0, 0.05) is 16.7 Å². The molecule has 0 aromatic heterocycles. The van der Waals surface area contributed by atoms with Gasteiger partial charge in [0.15, 0.2) is 5.60 Å². The predicted molar refractivity (Wildman–Crippen MR) is 94.4 cm³/mol. The summed E-state index contributed by atoms with van der Waals surface area (Å²) in [6.07, 6.45) is 2.24. The molecule has 112 valence electrons. The molecule has 0 aliphatic carbocycles. The highest BCUT2D eigenvalue weighted by Crippen LogP contribution is 2.44. The van der Waals surface area contributed by atoms with Gasteiger partial charge in [-0.1, -0.05) is 78.9 Å². The maximum absolute atomic E-state index is 6.59. The van der Waals surface area contributed by atoms with E-state index in [9.17, 15) is 0 Å². The van der Waals surface area contributed by atoms with Gasteiger partial charge in [0.05, 0.1) is 0 Å². The van der Waals surface area contributed by atoms with E-state index in [-0.39, 0.29) is 0 Å². The molecule has 1 heterocycles. The van der Waals surface area contributed by atoms with Gasteiger partial charge in [-0.05, 0) is 24.6 Å². The van der Waals surface area contributed by atoms with Crippen molar-refractivity contribution in [2.75, 3.05) is 0 Å². The van der Waals surface area contributed by atoms with Gasteiger partial charge in [-0.3, -0.25) is 0 Å². The van der Waals surface area contributed by atoms with Gasteiger partial charge < -0.3 is 4.74 Å². The Labute approximate surface area is 136 Å². The maximum atomic E-state index is 6.59. The highest BCUT2D eigenvalue weighted by Gasteiger charge is 2.38. The molecular weight excluding hydrogens is 280 g/mol. The first-order valence-electron chi connectivity index (χ1n) is 7.88. The standard InChI is InChI=1S/C22H18O/c1-17-16-22(18-10-4-2-5-11-18,19-12-6-3-7-13-19)23-21-15-9-8-14-20(17)21/h2-16H,1H3. The van der Waals surface area contributed by atoms with Crippen LogP contribution in [0.1, 0.15) is 23.6 Å². The van der Waals surface area contributed by atoms with Crippen LogP contribution in [-0.4, -0.2) is 0 Å². The van der Waals surface area contributed by atoms with Crippen molar-refractivity contribution in [1.82, 2.24) is 0 Å². The molecule has 0 N–H and O–H groups in total. The summed E-state index contributed by atoms with van der Waals surface area (Å²) in [6.45, 7) is 2.15. The quantitative estimate of drug-likeness (QED) is 0.613. The van der Waals surface area contributed by atoms with E-state index in [1.54, 1.807) is 0 Å². The Bertz CT molecular complexity index is 808. The van der Waals surface area contributed by atoms with Gasteiger partial charge in [0.1, 0.15) is 5.75 Å². The highest BCUT2D eigenvalue weighted by atomic mass is 16.5. The van der Waals surface area contributed by atoms with Crippen LogP contribution in [0.5, 0.6) is 5.75 Å². The third-order valence-corrected chi connectivity index (χ3v) is 4.41. The van der Waals surface area contributed by atoms with Gasteiger partial charge in [-0.25, -0.2) is 0 Å². The maximum Gasteiger partial charge on any atom is 0.178 e. The monoisotopic (exact) mass is 298 g/mol. The van der Waals surface area contributed by atoms with Gasteiger partial charge in [-0.15, -0.1) is 0 Å². The molecule has 1 aliphatic heterocycles. The SMILES string of the molecule is CC1=CC(c2ccccc2)(c2ccccc2)Oc2ccccc21. The van der Waals surface area contributed by atoms with Gasteiger partial charge >= 0.3 is 0 Å². The van der Waals surface area contributed by atoms with Gasteiger partial charge in [0.2, 0.25) is 0 Å². The summed E-state index contributed by atoms with van der Waals surface area (Å²) in [7, 11) is 0. The summed E-state index contributed by atoms with van der Waals surface area (Å²) in [5.41, 5.74) is 4.09. The zero-order valence-electron chi connectivity index (χ0n) is 13.1. The van der Waals surface area contributed by atoms with Crippen molar-refractivity contribution in [3.8, 4) is 5.75 Å². The molecule has 1 heteroatoms. The second-order valence-corrected chi connectivity index (χ2v) is 5.89. The van der Waals surface area contributed by atoms with E-state index >= 15 is 0 Å². The van der Waals surface area contributed by atoms with Crippen LogP contribution in [0, 0.1) is 0 Å². The van der Waals surface area contributed by atoms with E-state index < -0.39 is 5.60 Å². The van der Waals surface area contributed by atoms with E-state index in [4.69, 9.17) is 4.74 Å². The summed E-state index contributed by atoms with van der Waals surface area (Å²) in [5, 5.41) is 0. The molecule has 0 saturated carbocycles. The normalized spacial score (nSPS) is 15.3. The Morgan fingerprint density at radius 2 is 1.17 bits per heavy atom. The fourth-order valence-electron chi connectivity index (χ4n) is 3.29. The number of benzene rings is 3. The number of rotatable bonds is 2. The van der Waals surface area contributed by atoms with Crippen molar-refractivity contribution < 1.29 is 4.74 Å².